The second-order valence-electron chi connectivity index (χ2n) is 2.78. The molecule has 0 heterocycles. The number of rotatable bonds is 6. The molecule has 0 aliphatic carbocycles. The van der Waals surface area contributed by atoms with E-state index < -0.39 is 5.44 Å². The summed E-state index contributed by atoms with van der Waals surface area (Å²) in [5.74, 6) is -0.681. The van der Waals surface area contributed by atoms with Crippen molar-refractivity contribution in [3.05, 3.63) is 0 Å². The Morgan fingerprint density at radius 1 is 1.12 bits per heavy atom. The molecule has 17 heavy (non-hydrogen) atoms. The van der Waals surface area contributed by atoms with Crippen molar-refractivity contribution in [1.29, 1.82) is 0 Å². The Kier molecular flexibility index (Phi) is 14.5. The van der Waals surface area contributed by atoms with E-state index in [4.69, 9.17) is 19.7 Å². The second kappa shape index (κ2) is 13.3. The largest absolute Gasteiger partial charge is 0.461 e. The van der Waals surface area contributed by atoms with Gasteiger partial charge in [0.15, 0.2) is 5.44 Å². The number of thiol groups is 1. The molecule has 0 aromatic heterocycles. The Morgan fingerprint density at radius 3 is 1.94 bits per heavy atom. The summed E-state index contributed by atoms with van der Waals surface area (Å²) < 4.78 is 9.45. The molecule has 0 aromatic carbocycles. The van der Waals surface area contributed by atoms with Crippen LogP contribution < -0.4 is 0 Å². The summed E-state index contributed by atoms with van der Waals surface area (Å²) in [7, 11) is 0. The molecule has 0 aliphatic rings. The lowest BCUT2D eigenvalue weighted by atomic mass is 10.5. The minimum atomic E-state index is -0.664. The fourth-order valence-electron chi connectivity index (χ4n) is 0.535. The minimum Gasteiger partial charge on any atom is -0.461 e. The highest BCUT2D eigenvalue weighted by Gasteiger charge is 2.10. The van der Waals surface area contributed by atoms with Gasteiger partial charge in [0.1, 0.15) is 6.61 Å². The van der Waals surface area contributed by atoms with Crippen LogP contribution in [0.1, 0.15) is 26.7 Å². The van der Waals surface area contributed by atoms with Gasteiger partial charge in [0.25, 0.3) is 0 Å². The summed E-state index contributed by atoms with van der Waals surface area (Å²) in [6.45, 7) is 3.12. The summed E-state index contributed by atoms with van der Waals surface area (Å²) in [5, 5.41) is 15.2. The molecule has 0 bridgehead atoms. The predicted molar refractivity (Wildman–Crippen MR) is 64.6 cm³/mol. The summed E-state index contributed by atoms with van der Waals surface area (Å²) in [4.78, 5) is 21.4. The first-order valence-electron chi connectivity index (χ1n) is 5.26. The Bertz CT molecular complexity index is 207. The van der Waals surface area contributed by atoms with E-state index in [-0.39, 0.29) is 31.8 Å². The van der Waals surface area contributed by atoms with Crippen LogP contribution in [0.15, 0.2) is 0 Å². The molecule has 1 atom stereocenters. The van der Waals surface area contributed by atoms with Crippen molar-refractivity contribution in [1.82, 2.24) is 0 Å². The highest BCUT2D eigenvalue weighted by molar-refractivity contribution is 7.80. The molecule has 0 aliphatic heterocycles. The molecular weight excluding hydrogens is 248 g/mol. The van der Waals surface area contributed by atoms with E-state index in [9.17, 15) is 9.59 Å². The summed E-state index contributed by atoms with van der Waals surface area (Å²) in [5.41, 5.74) is -0.664. The van der Waals surface area contributed by atoms with Crippen molar-refractivity contribution in [2.24, 2.45) is 0 Å². The topological polar surface area (TPSA) is 93.1 Å². The lowest BCUT2D eigenvalue weighted by Gasteiger charge is -2.11. The number of hydrogen-bond acceptors (Lipinski definition) is 7. The quantitative estimate of drug-likeness (QED) is 0.360. The van der Waals surface area contributed by atoms with Crippen LogP contribution >= 0.6 is 12.6 Å². The SMILES string of the molecule is CCC(=O)OCC(S)OC(=O)CC.OCCO. The number of carbonyl (C=O) groups is 2. The Labute approximate surface area is 106 Å². The van der Waals surface area contributed by atoms with Gasteiger partial charge in [0.05, 0.1) is 13.2 Å². The first-order valence-corrected chi connectivity index (χ1v) is 5.78. The standard InChI is InChI=1S/C8H14O4S.C2H6O2/c1-3-6(9)11-5-8(13)12-7(10)4-2;3-1-2-4/h8,13H,3-5H2,1-2H3;3-4H,1-2H2. The minimum absolute atomic E-state index is 0.00151. The Morgan fingerprint density at radius 2 is 1.59 bits per heavy atom. The monoisotopic (exact) mass is 268 g/mol. The average Bonchev–Trinajstić information content (AvgIpc) is 2.35. The fourth-order valence-corrected chi connectivity index (χ4v) is 0.727. The number of esters is 2. The van der Waals surface area contributed by atoms with Crippen LogP contribution in [0, 0.1) is 0 Å². The molecule has 0 radical (unpaired) electrons. The Hall–Kier alpha value is -0.790. The van der Waals surface area contributed by atoms with Crippen LogP contribution in [-0.2, 0) is 19.1 Å². The maximum Gasteiger partial charge on any atom is 0.306 e. The van der Waals surface area contributed by atoms with Gasteiger partial charge in [-0.1, -0.05) is 13.8 Å². The van der Waals surface area contributed by atoms with Crippen LogP contribution in [0.4, 0.5) is 0 Å². The molecule has 0 saturated heterocycles. The normalized spacial score (nSPS) is 10.9. The van der Waals surface area contributed by atoms with Gasteiger partial charge in [-0.15, -0.1) is 12.6 Å². The first-order chi connectivity index (χ1) is 8.01. The van der Waals surface area contributed by atoms with Gasteiger partial charge < -0.3 is 19.7 Å². The van der Waals surface area contributed by atoms with E-state index in [0.29, 0.717) is 12.8 Å². The first kappa shape index (κ1) is 18.6. The van der Waals surface area contributed by atoms with Crippen molar-refractivity contribution in [3.8, 4) is 0 Å². The molecule has 0 aromatic rings. The van der Waals surface area contributed by atoms with Crippen molar-refractivity contribution < 1.29 is 29.3 Å². The number of hydrogen-bond donors (Lipinski definition) is 3. The van der Waals surface area contributed by atoms with Gasteiger partial charge in [0, 0.05) is 12.8 Å². The molecule has 1 unspecified atom stereocenters. The zero-order valence-electron chi connectivity index (χ0n) is 10.1. The molecule has 0 amide bonds. The maximum atomic E-state index is 10.7. The number of carbonyl (C=O) groups excluding carboxylic acids is 2. The van der Waals surface area contributed by atoms with E-state index in [1.807, 2.05) is 0 Å². The van der Waals surface area contributed by atoms with Gasteiger partial charge in [0.2, 0.25) is 0 Å². The second-order valence-corrected chi connectivity index (χ2v) is 3.36. The predicted octanol–water partition coefficient (Wildman–Crippen LogP) is 0.120. The highest BCUT2D eigenvalue weighted by atomic mass is 32.1. The van der Waals surface area contributed by atoms with Crippen molar-refractivity contribution in [2.45, 2.75) is 32.1 Å². The molecule has 0 spiro atoms. The molecule has 0 fully saturated rings. The highest BCUT2D eigenvalue weighted by Crippen LogP contribution is 2.01. The van der Waals surface area contributed by atoms with E-state index in [0.717, 1.165) is 0 Å². The van der Waals surface area contributed by atoms with Crippen molar-refractivity contribution in [3.63, 3.8) is 0 Å². The van der Waals surface area contributed by atoms with Gasteiger partial charge in [-0.2, -0.15) is 0 Å². The Balaban J connectivity index is 0. The molecule has 7 heteroatoms. The van der Waals surface area contributed by atoms with E-state index in [1.165, 1.54) is 0 Å². The van der Waals surface area contributed by atoms with Crippen LogP contribution in [0.5, 0.6) is 0 Å². The van der Waals surface area contributed by atoms with Crippen LogP contribution in [-0.4, -0.2) is 47.4 Å². The number of ether oxygens (including phenoxy) is 2. The summed E-state index contributed by atoms with van der Waals surface area (Å²) in [6, 6.07) is 0. The third-order valence-electron chi connectivity index (χ3n) is 1.33. The summed E-state index contributed by atoms with van der Waals surface area (Å²) in [6.07, 6.45) is 0.598. The fraction of sp³-hybridized carbons (Fsp3) is 0.800. The van der Waals surface area contributed by atoms with Gasteiger partial charge >= 0.3 is 11.9 Å². The van der Waals surface area contributed by atoms with Crippen LogP contribution in [0.3, 0.4) is 0 Å². The average molecular weight is 268 g/mol. The van der Waals surface area contributed by atoms with E-state index in [2.05, 4.69) is 12.6 Å². The van der Waals surface area contributed by atoms with Crippen molar-refractivity contribution >= 4 is 24.6 Å². The molecule has 6 nitrogen and oxygen atoms in total. The molecule has 102 valence electrons. The van der Waals surface area contributed by atoms with E-state index in [1.54, 1.807) is 13.8 Å². The third-order valence-corrected chi connectivity index (χ3v) is 1.59. The maximum absolute atomic E-state index is 10.7. The van der Waals surface area contributed by atoms with Crippen molar-refractivity contribution in [2.75, 3.05) is 19.8 Å². The van der Waals surface area contributed by atoms with Gasteiger partial charge in [-0.05, 0) is 0 Å². The lowest BCUT2D eigenvalue weighted by Crippen LogP contribution is -2.19. The molecule has 0 saturated carbocycles. The molecular formula is C10H20O6S. The lowest BCUT2D eigenvalue weighted by molar-refractivity contribution is -0.153. The van der Waals surface area contributed by atoms with Crippen LogP contribution in [0.2, 0.25) is 0 Å². The zero-order valence-corrected chi connectivity index (χ0v) is 11.0. The van der Waals surface area contributed by atoms with E-state index >= 15 is 0 Å². The molecule has 0 rings (SSSR count). The van der Waals surface area contributed by atoms with Gasteiger partial charge in [-0.3, -0.25) is 9.59 Å². The number of aliphatic hydroxyl groups is 2. The smallest absolute Gasteiger partial charge is 0.306 e. The third kappa shape index (κ3) is 15.2. The van der Waals surface area contributed by atoms with Crippen LogP contribution in [0.25, 0.3) is 0 Å². The summed E-state index contributed by atoms with van der Waals surface area (Å²) >= 11 is 3.92. The number of aliphatic hydroxyl groups excluding tert-OH is 2. The molecule has 2 N–H and O–H groups in total. The zero-order chi connectivity index (χ0) is 13.7. The van der Waals surface area contributed by atoms with Gasteiger partial charge in [-0.25, -0.2) is 0 Å².